The van der Waals surface area contributed by atoms with Crippen molar-refractivity contribution in [2.75, 3.05) is 0 Å². The highest BCUT2D eigenvalue weighted by Crippen LogP contribution is 2.33. The van der Waals surface area contributed by atoms with Crippen molar-refractivity contribution in [3.05, 3.63) is 15.9 Å². The highest BCUT2D eigenvalue weighted by Gasteiger charge is 2.36. The molecule has 1 atom stereocenters. The summed E-state index contributed by atoms with van der Waals surface area (Å²) in [5, 5.41) is 16.5. The molecule has 0 saturated heterocycles. The van der Waals surface area contributed by atoms with Crippen LogP contribution in [0.5, 0.6) is 0 Å². The molecule has 6 heteroatoms. The van der Waals surface area contributed by atoms with Gasteiger partial charge in [0.25, 0.3) is 0 Å². The lowest BCUT2D eigenvalue weighted by molar-refractivity contribution is -0.140. The fourth-order valence-electron chi connectivity index (χ4n) is 1.96. The molecule has 2 N–H and O–H groups in total. The zero-order chi connectivity index (χ0) is 12.6. The van der Waals surface area contributed by atoms with Gasteiger partial charge < -0.3 is 5.11 Å². The first-order chi connectivity index (χ1) is 8.00. The zero-order valence-corrected chi connectivity index (χ0v) is 11.5. The van der Waals surface area contributed by atoms with Gasteiger partial charge in [0.05, 0.1) is 15.9 Å². The van der Waals surface area contributed by atoms with E-state index in [1.54, 1.807) is 4.68 Å². The predicted octanol–water partition coefficient (Wildman–Crippen LogP) is 1.44. The van der Waals surface area contributed by atoms with E-state index in [9.17, 15) is 4.79 Å². The molecule has 0 aromatic carbocycles. The van der Waals surface area contributed by atoms with Crippen molar-refractivity contribution in [1.29, 1.82) is 0 Å². The smallest absolute Gasteiger partial charge is 0.320 e. The topological polar surface area (TPSA) is 67.2 Å². The molecule has 2 rings (SSSR count). The van der Waals surface area contributed by atoms with E-state index in [4.69, 9.17) is 5.11 Å². The first-order valence-corrected chi connectivity index (χ1v) is 6.44. The molecule has 0 aliphatic heterocycles. The van der Waals surface area contributed by atoms with E-state index >= 15 is 0 Å². The number of aryl methyl sites for hydroxylation is 2. The summed E-state index contributed by atoms with van der Waals surface area (Å²) in [6.07, 6.45) is 2.02. The number of aliphatic carboxylic acids is 1. The van der Waals surface area contributed by atoms with Crippen LogP contribution in [0.25, 0.3) is 0 Å². The van der Waals surface area contributed by atoms with Crippen LogP contribution in [0.15, 0.2) is 4.47 Å². The molecule has 17 heavy (non-hydrogen) atoms. The Balaban J connectivity index is 2.03. The van der Waals surface area contributed by atoms with Gasteiger partial charge in [0, 0.05) is 13.6 Å². The van der Waals surface area contributed by atoms with Crippen LogP contribution in [-0.2, 0) is 18.4 Å². The molecule has 0 amide bonds. The minimum Gasteiger partial charge on any atom is -0.480 e. The van der Waals surface area contributed by atoms with E-state index in [1.807, 2.05) is 14.0 Å². The number of carboxylic acid groups (broad SMARTS) is 1. The van der Waals surface area contributed by atoms with Crippen molar-refractivity contribution in [3.8, 4) is 0 Å². The number of hydrogen-bond donors (Lipinski definition) is 2. The largest absolute Gasteiger partial charge is 0.480 e. The summed E-state index contributed by atoms with van der Waals surface area (Å²) in [5.74, 6) is -0.469. The monoisotopic (exact) mass is 301 g/mol. The van der Waals surface area contributed by atoms with Crippen LogP contribution in [0.3, 0.4) is 0 Å². The van der Waals surface area contributed by atoms with Crippen LogP contribution < -0.4 is 5.32 Å². The fraction of sp³-hybridized carbons (Fsp3) is 0.636. The standard InChI is InChI=1S/C11H16BrN3O2/c1-6-9(12)8(15(2)14-6)5-13-10(11(16)17)7-3-4-7/h7,10,13H,3-5H2,1-2H3,(H,16,17). The maximum atomic E-state index is 11.1. The highest BCUT2D eigenvalue weighted by atomic mass is 79.9. The molecular formula is C11H16BrN3O2. The molecule has 0 radical (unpaired) electrons. The first-order valence-electron chi connectivity index (χ1n) is 5.65. The number of nitrogens with zero attached hydrogens (tertiary/aromatic N) is 2. The van der Waals surface area contributed by atoms with Gasteiger partial charge >= 0.3 is 5.97 Å². The second-order valence-electron chi connectivity index (χ2n) is 4.50. The molecule has 1 aromatic rings. The third-order valence-electron chi connectivity index (χ3n) is 3.11. The molecule has 1 saturated carbocycles. The van der Waals surface area contributed by atoms with Gasteiger partial charge in [0.15, 0.2) is 0 Å². The molecule has 0 bridgehead atoms. The number of hydrogen-bond acceptors (Lipinski definition) is 3. The van der Waals surface area contributed by atoms with Crippen molar-refractivity contribution < 1.29 is 9.90 Å². The average molecular weight is 302 g/mol. The van der Waals surface area contributed by atoms with E-state index in [2.05, 4.69) is 26.3 Å². The van der Waals surface area contributed by atoms with Crippen LogP contribution in [0.4, 0.5) is 0 Å². The minimum absolute atomic E-state index is 0.292. The van der Waals surface area contributed by atoms with Crippen LogP contribution in [0.2, 0.25) is 0 Å². The molecular weight excluding hydrogens is 286 g/mol. The quantitative estimate of drug-likeness (QED) is 0.864. The summed E-state index contributed by atoms with van der Waals surface area (Å²) < 4.78 is 2.73. The summed E-state index contributed by atoms with van der Waals surface area (Å²) in [4.78, 5) is 11.1. The summed E-state index contributed by atoms with van der Waals surface area (Å²) in [7, 11) is 1.86. The average Bonchev–Trinajstić information content (AvgIpc) is 3.02. The molecule has 1 aliphatic carbocycles. The van der Waals surface area contributed by atoms with Gasteiger partial charge in [-0.15, -0.1) is 0 Å². The third-order valence-corrected chi connectivity index (χ3v) is 4.14. The normalized spacial score (nSPS) is 17.1. The predicted molar refractivity (Wildman–Crippen MR) is 66.6 cm³/mol. The number of halogens is 1. The molecule has 1 aliphatic rings. The number of carbonyl (C=O) groups is 1. The fourth-order valence-corrected chi connectivity index (χ4v) is 2.44. The van der Waals surface area contributed by atoms with Crippen LogP contribution in [0, 0.1) is 12.8 Å². The van der Waals surface area contributed by atoms with Gasteiger partial charge in [-0.25, -0.2) is 0 Å². The third kappa shape index (κ3) is 2.69. The van der Waals surface area contributed by atoms with E-state index in [1.165, 1.54) is 0 Å². The molecule has 94 valence electrons. The van der Waals surface area contributed by atoms with Gasteiger partial charge in [-0.05, 0) is 41.6 Å². The van der Waals surface area contributed by atoms with E-state index in [0.717, 1.165) is 28.7 Å². The summed E-state index contributed by atoms with van der Waals surface area (Å²) >= 11 is 3.47. The van der Waals surface area contributed by atoms with Gasteiger partial charge in [0.2, 0.25) is 0 Å². The Morgan fingerprint density at radius 2 is 2.35 bits per heavy atom. The number of aromatic nitrogens is 2. The van der Waals surface area contributed by atoms with Crippen molar-refractivity contribution in [1.82, 2.24) is 15.1 Å². The van der Waals surface area contributed by atoms with E-state index in [-0.39, 0.29) is 0 Å². The lowest BCUT2D eigenvalue weighted by Gasteiger charge is -2.13. The Hall–Kier alpha value is -0.880. The van der Waals surface area contributed by atoms with Crippen LogP contribution >= 0.6 is 15.9 Å². The Morgan fingerprint density at radius 1 is 1.71 bits per heavy atom. The van der Waals surface area contributed by atoms with E-state index in [0.29, 0.717) is 12.5 Å². The van der Waals surface area contributed by atoms with Crippen molar-refractivity contribution >= 4 is 21.9 Å². The van der Waals surface area contributed by atoms with Gasteiger partial charge in [0.1, 0.15) is 6.04 Å². The van der Waals surface area contributed by atoms with E-state index < -0.39 is 12.0 Å². The second-order valence-corrected chi connectivity index (χ2v) is 5.30. The van der Waals surface area contributed by atoms with Crippen molar-refractivity contribution in [2.45, 2.75) is 32.4 Å². The first kappa shape index (κ1) is 12.6. The van der Waals surface area contributed by atoms with Crippen LogP contribution in [-0.4, -0.2) is 26.9 Å². The molecule has 1 fully saturated rings. The second kappa shape index (κ2) is 4.78. The lowest BCUT2D eigenvalue weighted by atomic mass is 10.2. The van der Waals surface area contributed by atoms with Gasteiger partial charge in [-0.1, -0.05) is 0 Å². The molecule has 0 spiro atoms. The lowest BCUT2D eigenvalue weighted by Crippen LogP contribution is -2.38. The maximum Gasteiger partial charge on any atom is 0.320 e. The highest BCUT2D eigenvalue weighted by molar-refractivity contribution is 9.10. The summed E-state index contributed by atoms with van der Waals surface area (Å²) in [5.41, 5.74) is 1.90. The number of rotatable bonds is 5. The zero-order valence-electron chi connectivity index (χ0n) is 9.90. The maximum absolute atomic E-state index is 11.1. The van der Waals surface area contributed by atoms with Gasteiger partial charge in [-0.2, -0.15) is 5.10 Å². The molecule has 1 heterocycles. The van der Waals surface area contributed by atoms with Crippen LogP contribution in [0.1, 0.15) is 24.2 Å². The Morgan fingerprint density at radius 3 is 2.76 bits per heavy atom. The minimum atomic E-state index is -0.762. The molecule has 5 nitrogen and oxygen atoms in total. The SMILES string of the molecule is Cc1nn(C)c(CNC(C(=O)O)C2CC2)c1Br. The molecule has 1 unspecified atom stereocenters. The Labute approximate surface area is 108 Å². The van der Waals surface area contributed by atoms with Gasteiger partial charge in [-0.3, -0.25) is 14.8 Å². The Bertz CT molecular complexity index is 440. The number of carboxylic acids is 1. The van der Waals surface area contributed by atoms with Crippen molar-refractivity contribution in [3.63, 3.8) is 0 Å². The van der Waals surface area contributed by atoms with Crippen molar-refractivity contribution in [2.24, 2.45) is 13.0 Å². The summed E-state index contributed by atoms with van der Waals surface area (Å²) in [6.45, 7) is 2.44. The number of nitrogens with one attached hydrogen (secondary N) is 1. The Kier molecular flexibility index (Phi) is 3.53. The summed E-state index contributed by atoms with van der Waals surface area (Å²) in [6, 6.07) is -0.433. The molecule has 1 aromatic heterocycles.